The molecular formula is C12H19N5O2. The summed E-state index contributed by atoms with van der Waals surface area (Å²) in [5.41, 5.74) is 0.419. The number of amides is 1. The lowest BCUT2D eigenvalue weighted by Crippen LogP contribution is -2.59. The summed E-state index contributed by atoms with van der Waals surface area (Å²) in [6.07, 6.45) is 4.03. The largest absolute Gasteiger partial charge is 0.383 e. The summed E-state index contributed by atoms with van der Waals surface area (Å²) in [4.78, 5) is 14.2. The Morgan fingerprint density at radius 3 is 3.00 bits per heavy atom. The van der Waals surface area contributed by atoms with Gasteiger partial charge in [0.05, 0.1) is 24.9 Å². The normalized spacial score (nSPS) is 20.3. The lowest BCUT2D eigenvalue weighted by molar-refractivity contribution is 0.0692. The number of methoxy groups -OCH3 is 1. The third kappa shape index (κ3) is 2.93. The Morgan fingerprint density at radius 2 is 2.32 bits per heavy atom. The summed E-state index contributed by atoms with van der Waals surface area (Å²) in [6.45, 7) is 3.41. The van der Waals surface area contributed by atoms with Gasteiger partial charge < -0.3 is 10.1 Å². The van der Waals surface area contributed by atoms with Gasteiger partial charge in [-0.25, -0.2) is 4.68 Å². The summed E-state index contributed by atoms with van der Waals surface area (Å²) < 4.78 is 6.81. The average Bonchev–Trinajstić information content (AvgIpc) is 3.09. The van der Waals surface area contributed by atoms with Gasteiger partial charge in [-0.2, -0.15) is 0 Å². The molecule has 1 amide bonds. The van der Waals surface area contributed by atoms with Gasteiger partial charge in [0.25, 0.3) is 5.91 Å². The zero-order valence-electron chi connectivity index (χ0n) is 11.1. The van der Waals surface area contributed by atoms with Gasteiger partial charge in [-0.15, -0.1) is 5.10 Å². The van der Waals surface area contributed by atoms with Gasteiger partial charge in [-0.05, 0) is 12.8 Å². The van der Waals surface area contributed by atoms with Crippen molar-refractivity contribution in [2.75, 3.05) is 33.4 Å². The highest BCUT2D eigenvalue weighted by molar-refractivity contribution is 5.92. The summed E-state index contributed by atoms with van der Waals surface area (Å²) in [7, 11) is 1.70. The maximum absolute atomic E-state index is 12.0. The molecule has 1 aliphatic heterocycles. The first kappa shape index (κ1) is 12.6. The standard InChI is InChI=1S/C12H19N5O2/c1-19-5-4-16-6-9(7-16)13-12(18)11-8-17(15-14-11)10-2-3-10/h8-10H,2-7H2,1H3,(H,13,18). The van der Waals surface area contributed by atoms with Crippen LogP contribution < -0.4 is 5.32 Å². The second kappa shape index (κ2) is 5.26. The first-order chi connectivity index (χ1) is 9.26. The van der Waals surface area contributed by atoms with Gasteiger partial charge in [-0.1, -0.05) is 5.21 Å². The van der Waals surface area contributed by atoms with Gasteiger partial charge in [-0.3, -0.25) is 9.69 Å². The molecule has 3 rings (SSSR count). The van der Waals surface area contributed by atoms with Crippen molar-refractivity contribution < 1.29 is 9.53 Å². The van der Waals surface area contributed by atoms with E-state index in [0.717, 1.165) is 39.1 Å². The second-order valence-electron chi connectivity index (χ2n) is 5.24. The Kier molecular flexibility index (Phi) is 3.48. The minimum Gasteiger partial charge on any atom is -0.383 e. The van der Waals surface area contributed by atoms with E-state index >= 15 is 0 Å². The predicted molar refractivity (Wildman–Crippen MR) is 67.9 cm³/mol. The molecule has 1 aromatic rings. The Bertz CT molecular complexity index is 451. The minimum absolute atomic E-state index is 0.122. The number of nitrogens with one attached hydrogen (secondary N) is 1. The molecule has 0 atom stereocenters. The zero-order valence-corrected chi connectivity index (χ0v) is 11.1. The molecule has 7 nitrogen and oxygen atoms in total. The first-order valence-electron chi connectivity index (χ1n) is 6.70. The van der Waals surface area contributed by atoms with Crippen LogP contribution in [0.5, 0.6) is 0 Å². The van der Waals surface area contributed by atoms with Crippen LogP contribution in [0.1, 0.15) is 29.4 Å². The highest BCUT2D eigenvalue weighted by Crippen LogP contribution is 2.33. The monoisotopic (exact) mass is 265 g/mol. The molecule has 1 saturated heterocycles. The zero-order chi connectivity index (χ0) is 13.2. The molecular weight excluding hydrogens is 246 g/mol. The van der Waals surface area contributed by atoms with E-state index in [1.54, 1.807) is 18.0 Å². The molecule has 7 heteroatoms. The Hall–Kier alpha value is -1.47. The van der Waals surface area contributed by atoms with Crippen LogP contribution in [-0.4, -0.2) is 65.2 Å². The van der Waals surface area contributed by atoms with Crippen molar-refractivity contribution in [2.24, 2.45) is 0 Å². The Labute approximate surface area is 111 Å². The van der Waals surface area contributed by atoms with Crippen molar-refractivity contribution in [3.63, 3.8) is 0 Å². The van der Waals surface area contributed by atoms with Crippen LogP contribution in [0.3, 0.4) is 0 Å². The van der Waals surface area contributed by atoms with Crippen molar-refractivity contribution >= 4 is 5.91 Å². The van der Waals surface area contributed by atoms with Crippen molar-refractivity contribution in [2.45, 2.75) is 24.9 Å². The van der Waals surface area contributed by atoms with Crippen molar-refractivity contribution in [3.05, 3.63) is 11.9 Å². The maximum Gasteiger partial charge on any atom is 0.273 e. The van der Waals surface area contributed by atoms with E-state index in [2.05, 4.69) is 20.5 Å². The summed E-state index contributed by atoms with van der Waals surface area (Å²) in [5.74, 6) is -0.122. The van der Waals surface area contributed by atoms with E-state index in [-0.39, 0.29) is 11.9 Å². The fraction of sp³-hybridized carbons (Fsp3) is 0.750. The lowest BCUT2D eigenvalue weighted by atomic mass is 10.1. The molecule has 1 saturated carbocycles. The topological polar surface area (TPSA) is 72.3 Å². The first-order valence-corrected chi connectivity index (χ1v) is 6.70. The highest BCUT2D eigenvalue weighted by atomic mass is 16.5. The second-order valence-corrected chi connectivity index (χ2v) is 5.24. The van der Waals surface area contributed by atoms with Crippen LogP contribution in [0.25, 0.3) is 0 Å². The molecule has 0 spiro atoms. The summed E-state index contributed by atoms with van der Waals surface area (Å²) >= 11 is 0. The van der Waals surface area contributed by atoms with Crippen molar-refractivity contribution in [1.29, 1.82) is 0 Å². The van der Waals surface area contributed by atoms with Crippen molar-refractivity contribution in [1.82, 2.24) is 25.2 Å². The number of hydrogen-bond acceptors (Lipinski definition) is 5. The fourth-order valence-electron chi connectivity index (χ4n) is 2.22. The SMILES string of the molecule is COCCN1CC(NC(=O)c2cn(C3CC3)nn2)C1. The number of rotatable bonds is 6. The van der Waals surface area contributed by atoms with Crippen LogP contribution in [0.2, 0.25) is 0 Å². The van der Waals surface area contributed by atoms with Crippen LogP contribution >= 0.6 is 0 Å². The number of aromatic nitrogens is 3. The van der Waals surface area contributed by atoms with Crippen LogP contribution in [0, 0.1) is 0 Å². The summed E-state index contributed by atoms with van der Waals surface area (Å²) in [5, 5.41) is 10.9. The maximum atomic E-state index is 12.0. The lowest BCUT2D eigenvalue weighted by Gasteiger charge is -2.39. The van der Waals surface area contributed by atoms with Gasteiger partial charge in [0.15, 0.2) is 5.69 Å². The third-order valence-electron chi connectivity index (χ3n) is 3.57. The molecule has 2 aliphatic rings. The minimum atomic E-state index is -0.122. The highest BCUT2D eigenvalue weighted by Gasteiger charge is 2.29. The van der Waals surface area contributed by atoms with Gasteiger partial charge in [0, 0.05) is 26.7 Å². The number of carbonyl (C=O) groups excluding carboxylic acids is 1. The quantitative estimate of drug-likeness (QED) is 0.763. The van der Waals surface area contributed by atoms with Crippen LogP contribution in [0.15, 0.2) is 6.20 Å². The molecule has 0 aromatic carbocycles. The van der Waals surface area contributed by atoms with E-state index in [1.165, 1.54) is 0 Å². The molecule has 1 aliphatic carbocycles. The van der Waals surface area contributed by atoms with Gasteiger partial charge >= 0.3 is 0 Å². The molecule has 104 valence electrons. The van der Waals surface area contributed by atoms with Crippen LogP contribution in [0.4, 0.5) is 0 Å². The molecule has 19 heavy (non-hydrogen) atoms. The van der Waals surface area contributed by atoms with Gasteiger partial charge in [0.1, 0.15) is 0 Å². The molecule has 0 bridgehead atoms. The molecule has 2 fully saturated rings. The third-order valence-corrected chi connectivity index (χ3v) is 3.57. The average molecular weight is 265 g/mol. The number of hydrogen-bond donors (Lipinski definition) is 1. The Balaban J connectivity index is 1.44. The van der Waals surface area contributed by atoms with Crippen molar-refractivity contribution in [3.8, 4) is 0 Å². The molecule has 1 N–H and O–H groups in total. The fourth-order valence-corrected chi connectivity index (χ4v) is 2.22. The van der Waals surface area contributed by atoms with E-state index < -0.39 is 0 Å². The number of ether oxygens (including phenoxy) is 1. The van der Waals surface area contributed by atoms with E-state index in [9.17, 15) is 4.79 Å². The molecule has 0 unspecified atom stereocenters. The van der Waals surface area contributed by atoms with E-state index in [1.807, 2.05) is 0 Å². The van der Waals surface area contributed by atoms with E-state index in [0.29, 0.717) is 11.7 Å². The number of likely N-dealkylation sites (tertiary alicyclic amines) is 1. The Morgan fingerprint density at radius 1 is 1.53 bits per heavy atom. The smallest absolute Gasteiger partial charge is 0.273 e. The molecule has 1 aromatic heterocycles. The summed E-state index contributed by atoms with van der Waals surface area (Å²) in [6, 6.07) is 0.678. The van der Waals surface area contributed by atoms with Crippen LogP contribution in [-0.2, 0) is 4.74 Å². The molecule has 2 heterocycles. The van der Waals surface area contributed by atoms with Gasteiger partial charge in [0.2, 0.25) is 0 Å². The number of carbonyl (C=O) groups is 1. The number of nitrogens with zero attached hydrogens (tertiary/aromatic N) is 4. The predicted octanol–water partition coefficient (Wildman–Crippen LogP) is -0.327. The van der Waals surface area contributed by atoms with E-state index in [4.69, 9.17) is 4.74 Å². The molecule has 0 radical (unpaired) electrons.